The molecule has 5 nitrogen and oxygen atoms in total. The second-order valence-corrected chi connectivity index (χ2v) is 4.76. The Bertz CT molecular complexity index is 446. The van der Waals surface area contributed by atoms with Crippen molar-refractivity contribution in [3.05, 3.63) is 35.9 Å². The van der Waals surface area contributed by atoms with Gasteiger partial charge in [0.05, 0.1) is 6.54 Å². The normalized spacial score (nSPS) is 15.1. The van der Waals surface area contributed by atoms with Crippen LogP contribution in [0.3, 0.4) is 0 Å². The Morgan fingerprint density at radius 3 is 2.47 bits per heavy atom. The number of piperazine rings is 1. The second kappa shape index (κ2) is 6.54. The Labute approximate surface area is 117 Å². The molecule has 6 heteroatoms. The van der Waals surface area contributed by atoms with Gasteiger partial charge in [0.1, 0.15) is 0 Å². The van der Waals surface area contributed by atoms with E-state index < -0.39 is 11.8 Å². The van der Waals surface area contributed by atoms with E-state index in [0.29, 0.717) is 26.2 Å². The molecule has 1 aromatic carbocycles. The molecule has 0 saturated carbocycles. The molecule has 1 heterocycles. The molecular formula is C13H16ClN3O2. The summed E-state index contributed by atoms with van der Waals surface area (Å²) < 4.78 is 0.944. The zero-order chi connectivity index (χ0) is 13.7. The Morgan fingerprint density at radius 1 is 1.21 bits per heavy atom. The van der Waals surface area contributed by atoms with Crippen molar-refractivity contribution in [2.75, 3.05) is 26.2 Å². The van der Waals surface area contributed by atoms with Crippen LogP contribution in [0.4, 0.5) is 0 Å². The fourth-order valence-electron chi connectivity index (χ4n) is 1.92. The van der Waals surface area contributed by atoms with Gasteiger partial charge in [0.2, 0.25) is 0 Å². The zero-order valence-electron chi connectivity index (χ0n) is 10.5. The Hall–Kier alpha value is -1.59. The van der Waals surface area contributed by atoms with E-state index in [4.69, 9.17) is 11.8 Å². The lowest BCUT2D eigenvalue weighted by atomic mass is 10.2. The molecule has 0 unspecified atom stereocenters. The molecule has 0 bridgehead atoms. The summed E-state index contributed by atoms with van der Waals surface area (Å²) in [5.74, 6) is -1.21. The topological polar surface area (TPSA) is 52.7 Å². The molecule has 1 saturated heterocycles. The van der Waals surface area contributed by atoms with Crippen LogP contribution in [0.1, 0.15) is 5.56 Å². The summed E-state index contributed by atoms with van der Waals surface area (Å²) in [4.78, 5) is 25.4. The maximum atomic E-state index is 12.0. The van der Waals surface area contributed by atoms with Crippen molar-refractivity contribution in [1.82, 2.24) is 14.6 Å². The van der Waals surface area contributed by atoms with E-state index in [2.05, 4.69) is 5.32 Å². The van der Waals surface area contributed by atoms with Crippen LogP contribution in [0.5, 0.6) is 0 Å². The Morgan fingerprint density at radius 2 is 1.84 bits per heavy atom. The van der Waals surface area contributed by atoms with E-state index in [1.807, 2.05) is 30.3 Å². The molecule has 102 valence electrons. The van der Waals surface area contributed by atoms with Crippen LogP contribution >= 0.6 is 11.8 Å². The molecule has 0 aromatic heterocycles. The number of hydrogen-bond acceptors (Lipinski definition) is 3. The van der Waals surface area contributed by atoms with Crippen LogP contribution in [0.15, 0.2) is 30.3 Å². The van der Waals surface area contributed by atoms with Gasteiger partial charge in [-0.05, 0) is 5.56 Å². The van der Waals surface area contributed by atoms with Crippen molar-refractivity contribution in [1.29, 1.82) is 0 Å². The Balaban J connectivity index is 1.93. The standard InChI is InChI=1S/C13H16ClN3O2/c14-17(10-11-4-2-1-3-5-11)13(19)12(18)16-8-6-15-7-9-16/h1-5,15H,6-10H2. The highest BCUT2D eigenvalue weighted by molar-refractivity contribution is 6.42. The highest BCUT2D eigenvalue weighted by Crippen LogP contribution is 2.08. The summed E-state index contributed by atoms with van der Waals surface area (Å²) in [5.41, 5.74) is 0.888. The summed E-state index contributed by atoms with van der Waals surface area (Å²) >= 11 is 5.90. The molecule has 1 aromatic rings. The van der Waals surface area contributed by atoms with Crippen LogP contribution in [0.25, 0.3) is 0 Å². The number of benzene rings is 1. The predicted molar refractivity (Wildman–Crippen MR) is 72.3 cm³/mol. The second-order valence-electron chi connectivity index (χ2n) is 4.35. The van der Waals surface area contributed by atoms with Crippen LogP contribution in [0, 0.1) is 0 Å². The van der Waals surface area contributed by atoms with Crippen molar-refractivity contribution in [3.63, 3.8) is 0 Å². The van der Waals surface area contributed by atoms with E-state index in [-0.39, 0.29) is 6.54 Å². The quantitative estimate of drug-likeness (QED) is 0.638. The molecule has 1 aliphatic heterocycles. The minimum atomic E-state index is -0.674. The predicted octanol–water partition coefficient (Wildman–Crippen LogP) is 0.601. The minimum Gasteiger partial charge on any atom is -0.332 e. The third-order valence-corrected chi connectivity index (χ3v) is 3.24. The summed E-state index contributed by atoms with van der Waals surface area (Å²) in [6, 6.07) is 9.33. The van der Waals surface area contributed by atoms with Crippen LogP contribution in [-0.2, 0) is 16.1 Å². The maximum Gasteiger partial charge on any atom is 0.326 e. The van der Waals surface area contributed by atoms with Crippen molar-refractivity contribution in [3.8, 4) is 0 Å². The van der Waals surface area contributed by atoms with Gasteiger partial charge in [-0.25, -0.2) is 4.42 Å². The maximum absolute atomic E-state index is 12.0. The molecule has 2 rings (SSSR count). The monoisotopic (exact) mass is 281 g/mol. The third kappa shape index (κ3) is 3.68. The largest absolute Gasteiger partial charge is 0.332 e. The number of carbonyl (C=O) groups is 2. The molecule has 1 N–H and O–H groups in total. The van der Waals surface area contributed by atoms with Crippen molar-refractivity contribution < 1.29 is 9.59 Å². The van der Waals surface area contributed by atoms with E-state index in [0.717, 1.165) is 9.98 Å². The molecule has 2 amide bonds. The molecule has 0 aliphatic carbocycles. The van der Waals surface area contributed by atoms with E-state index in [1.165, 1.54) is 4.90 Å². The summed E-state index contributed by atoms with van der Waals surface area (Å²) in [7, 11) is 0. The zero-order valence-corrected chi connectivity index (χ0v) is 11.3. The number of halogens is 1. The first kappa shape index (κ1) is 13.8. The number of carbonyl (C=O) groups excluding carboxylic acids is 2. The molecule has 1 fully saturated rings. The summed E-state index contributed by atoms with van der Waals surface area (Å²) in [5, 5.41) is 3.13. The molecule has 0 radical (unpaired) electrons. The third-order valence-electron chi connectivity index (χ3n) is 2.97. The molecular weight excluding hydrogens is 266 g/mol. The first-order valence-electron chi connectivity index (χ1n) is 6.19. The van der Waals surface area contributed by atoms with Gasteiger partial charge in [0, 0.05) is 38.0 Å². The van der Waals surface area contributed by atoms with Crippen LogP contribution < -0.4 is 5.32 Å². The molecule has 1 aliphatic rings. The lowest BCUT2D eigenvalue weighted by molar-refractivity contribution is -0.149. The number of amides is 2. The van der Waals surface area contributed by atoms with Gasteiger partial charge >= 0.3 is 11.8 Å². The van der Waals surface area contributed by atoms with Gasteiger partial charge in [0.25, 0.3) is 0 Å². The minimum absolute atomic E-state index is 0.221. The number of rotatable bonds is 2. The lowest BCUT2D eigenvalue weighted by Crippen LogP contribution is -2.50. The van der Waals surface area contributed by atoms with E-state index in [1.54, 1.807) is 0 Å². The van der Waals surface area contributed by atoms with Crippen molar-refractivity contribution >= 4 is 23.6 Å². The first-order valence-corrected chi connectivity index (χ1v) is 6.53. The Kier molecular flexibility index (Phi) is 4.76. The van der Waals surface area contributed by atoms with E-state index >= 15 is 0 Å². The fourth-order valence-corrected chi connectivity index (χ4v) is 2.13. The number of nitrogens with zero attached hydrogens (tertiary/aromatic N) is 2. The van der Waals surface area contributed by atoms with Gasteiger partial charge in [0.15, 0.2) is 0 Å². The van der Waals surface area contributed by atoms with Crippen molar-refractivity contribution in [2.24, 2.45) is 0 Å². The average molecular weight is 282 g/mol. The highest BCUT2D eigenvalue weighted by Gasteiger charge is 2.27. The van der Waals surface area contributed by atoms with Gasteiger partial charge < -0.3 is 10.2 Å². The van der Waals surface area contributed by atoms with Gasteiger partial charge in [-0.3, -0.25) is 9.59 Å². The molecule has 0 atom stereocenters. The smallest absolute Gasteiger partial charge is 0.326 e. The lowest BCUT2D eigenvalue weighted by Gasteiger charge is -2.27. The first-order chi connectivity index (χ1) is 9.18. The highest BCUT2D eigenvalue weighted by atomic mass is 35.5. The number of hydrogen-bond donors (Lipinski definition) is 1. The van der Waals surface area contributed by atoms with E-state index in [9.17, 15) is 9.59 Å². The van der Waals surface area contributed by atoms with Gasteiger partial charge in [-0.1, -0.05) is 30.3 Å². The summed E-state index contributed by atoms with van der Waals surface area (Å²) in [6.45, 7) is 2.72. The SMILES string of the molecule is O=C(C(=O)N1CCNCC1)N(Cl)Cc1ccccc1. The van der Waals surface area contributed by atoms with Gasteiger partial charge in [-0.15, -0.1) is 0 Å². The number of nitrogens with one attached hydrogen (secondary N) is 1. The van der Waals surface area contributed by atoms with Crippen LogP contribution in [0.2, 0.25) is 0 Å². The summed E-state index contributed by atoms with van der Waals surface area (Å²) in [6.07, 6.45) is 0. The van der Waals surface area contributed by atoms with Gasteiger partial charge in [-0.2, -0.15) is 0 Å². The average Bonchev–Trinajstić information content (AvgIpc) is 2.47. The van der Waals surface area contributed by atoms with Crippen molar-refractivity contribution in [2.45, 2.75) is 6.54 Å². The fraction of sp³-hybridized carbons (Fsp3) is 0.385. The van der Waals surface area contributed by atoms with Crippen LogP contribution in [-0.4, -0.2) is 47.3 Å². The molecule has 19 heavy (non-hydrogen) atoms. The molecule has 0 spiro atoms.